The van der Waals surface area contributed by atoms with Gasteiger partial charge in [0.25, 0.3) is 0 Å². The molecule has 1 heterocycles. The predicted octanol–water partition coefficient (Wildman–Crippen LogP) is 0.480. The van der Waals surface area contributed by atoms with Gasteiger partial charge < -0.3 is 5.32 Å². The van der Waals surface area contributed by atoms with Crippen molar-refractivity contribution in [2.24, 2.45) is 0 Å². The molecule has 0 unspecified atom stereocenters. The molecule has 0 aliphatic carbocycles. The number of rotatable bonds is 7. The van der Waals surface area contributed by atoms with Crippen LogP contribution >= 0.6 is 11.3 Å². The SMILES string of the molecule is CCNS(=O)(=O)CCNCc1csc(C)n1. The number of nitrogens with zero attached hydrogens (tertiary/aromatic N) is 1. The van der Waals surface area contributed by atoms with Crippen LogP contribution in [-0.4, -0.2) is 32.2 Å². The minimum absolute atomic E-state index is 0.101. The van der Waals surface area contributed by atoms with E-state index in [1.54, 1.807) is 18.3 Å². The Morgan fingerprint density at radius 1 is 1.50 bits per heavy atom. The summed E-state index contributed by atoms with van der Waals surface area (Å²) in [7, 11) is -3.11. The second-order valence-electron chi connectivity index (χ2n) is 3.35. The van der Waals surface area contributed by atoms with E-state index in [1.165, 1.54) is 0 Å². The minimum atomic E-state index is -3.11. The Kier molecular flexibility index (Phi) is 5.33. The van der Waals surface area contributed by atoms with E-state index in [0.29, 0.717) is 19.6 Å². The van der Waals surface area contributed by atoms with Crippen molar-refractivity contribution in [1.82, 2.24) is 15.0 Å². The van der Waals surface area contributed by atoms with Crippen LogP contribution in [0.3, 0.4) is 0 Å². The smallest absolute Gasteiger partial charge is 0.212 e. The number of hydrogen-bond acceptors (Lipinski definition) is 5. The van der Waals surface area contributed by atoms with E-state index < -0.39 is 10.0 Å². The summed E-state index contributed by atoms with van der Waals surface area (Å²) in [5.74, 6) is 0.101. The average Bonchev–Trinajstić information content (AvgIpc) is 2.59. The largest absolute Gasteiger partial charge is 0.310 e. The summed E-state index contributed by atoms with van der Waals surface area (Å²) >= 11 is 1.59. The highest BCUT2D eigenvalue weighted by Crippen LogP contribution is 2.06. The second-order valence-corrected chi connectivity index (χ2v) is 6.34. The summed E-state index contributed by atoms with van der Waals surface area (Å²) in [6.45, 7) is 5.21. The third-order valence-electron chi connectivity index (χ3n) is 1.88. The van der Waals surface area contributed by atoms with E-state index in [-0.39, 0.29) is 5.75 Å². The van der Waals surface area contributed by atoms with Crippen LogP contribution in [0.25, 0.3) is 0 Å². The number of sulfonamides is 1. The van der Waals surface area contributed by atoms with Gasteiger partial charge in [-0.15, -0.1) is 11.3 Å². The van der Waals surface area contributed by atoms with Crippen LogP contribution in [0.15, 0.2) is 5.38 Å². The van der Waals surface area contributed by atoms with Gasteiger partial charge in [0.2, 0.25) is 10.0 Å². The second kappa shape index (κ2) is 6.29. The normalized spacial score (nSPS) is 11.9. The van der Waals surface area contributed by atoms with Crippen molar-refractivity contribution >= 4 is 21.4 Å². The molecule has 0 saturated carbocycles. The van der Waals surface area contributed by atoms with Gasteiger partial charge in [-0.3, -0.25) is 0 Å². The van der Waals surface area contributed by atoms with Crippen LogP contribution in [-0.2, 0) is 16.6 Å². The molecule has 0 aliphatic heterocycles. The summed E-state index contributed by atoms with van der Waals surface area (Å²) in [5, 5.41) is 6.05. The molecular formula is C9H17N3O2S2. The zero-order valence-electron chi connectivity index (χ0n) is 9.49. The highest BCUT2D eigenvalue weighted by molar-refractivity contribution is 7.89. The Bertz CT molecular complexity index is 414. The van der Waals surface area contributed by atoms with E-state index in [2.05, 4.69) is 15.0 Å². The summed E-state index contributed by atoms with van der Waals surface area (Å²) in [6, 6.07) is 0. The lowest BCUT2D eigenvalue weighted by atomic mass is 10.5. The van der Waals surface area contributed by atoms with E-state index in [9.17, 15) is 8.42 Å². The Labute approximate surface area is 100 Å². The standard InChI is InChI=1S/C9H17N3O2S2/c1-3-11-16(13,14)5-4-10-6-9-7-15-8(2)12-9/h7,10-11H,3-6H2,1-2H3. The molecule has 0 amide bonds. The lowest BCUT2D eigenvalue weighted by Gasteiger charge is -2.04. The van der Waals surface area contributed by atoms with E-state index >= 15 is 0 Å². The predicted molar refractivity (Wildman–Crippen MR) is 66.0 cm³/mol. The van der Waals surface area contributed by atoms with Crippen LogP contribution in [0.4, 0.5) is 0 Å². The molecule has 0 saturated heterocycles. The molecule has 2 N–H and O–H groups in total. The third kappa shape index (κ3) is 5.02. The van der Waals surface area contributed by atoms with Crippen molar-refractivity contribution in [3.63, 3.8) is 0 Å². The first-order chi connectivity index (χ1) is 7.53. The molecule has 1 rings (SSSR count). The molecule has 0 spiro atoms. The Hall–Kier alpha value is -0.500. The van der Waals surface area contributed by atoms with Crippen LogP contribution < -0.4 is 10.0 Å². The molecule has 16 heavy (non-hydrogen) atoms. The zero-order chi connectivity index (χ0) is 12.0. The molecule has 1 aromatic rings. The van der Waals surface area contributed by atoms with E-state index in [0.717, 1.165) is 10.7 Å². The topological polar surface area (TPSA) is 71.1 Å². The van der Waals surface area contributed by atoms with Gasteiger partial charge >= 0.3 is 0 Å². The van der Waals surface area contributed by atoms with Gasteiger partial charge in [-0.1, -0.05) is 6.92 Å². The van der Waals surface area contributed by atoms with Crippen molar-refractivity contribution in [2.45, 2.75) is 20.4 Å². The van der Waals surface area contributed by atoms with Crippen LogP contribution in [0, 0.1) is 6.92 Å². The molecule has 92 valence electrons. The minimum Gasteiger partial charge on any atom is -0.310 e. The first-order valence-electron chi connectivity index (χ1n) is 5.12. The fourth-order valence-corrected chi connectivity index (χ4v) is 2.81. The van der Waals surface area contributed by atoms with Crippen molar-refractivity contribution in [3.8, 4) is 0 Å². The maximum absolute atomic E-state index is 11.3. The average molecular weight is 263 g/mol. The molecule has 0 bridgehead atoms. The van der Waals surface area contributed by atoms with Crippen molar-refractivity contribution in [3.05, 3.63) is 16.1 Å². The molecule has 0 fully saturated rings. The lowest BCUT2D eigenvalue weighted by molar-refractivity contribution is 0.578. The van der Waals surface area contributed by atoms with Crippen molar-refractivity contribution in [1.29, 1.82) is 0 Å². The number of hydrogen-bond donors (Lipinski definition) is 2. The highest BCUT2D eigenvalue weighted by Gasteiger charge is 2.07. The third-order valence-corrected chi connectivity index (χ3v) is 4.18. The molecule has 0 aromatic carbocycles. The van der Waals surface area contributed by atoms with Crippen LogP contribution in [0.5, 0.6) is 0 Å². The molecule has 0 radical (unpaired) electrons. The quantitative estimate of drug-likeness (QED) is 0.702. The summed E-state index contributed by atoms with van der Waals surface area (Å²) in [6.07, 6.45) is 0. The summed E-state index contributed by atoms with van der Waals surface area (Å²) in [5.41, 5.74) is 0.961. The molecule has 1 aromatic heterocycles. The van der Waals surface area contributed by atoms with Crippen LogP contribution in [0.2, 0.25) is 0 Å². The summed E-state index contributed by atoms with van der Waals surface area (Å²) < 4.78 is 25.0. The first kappa shape index (κ1) is 13.6. The van der Waals surface area contributed by atoms with Crippen LogP contribution in [0.1, 0.15) is 17.6 Å². The number of aryl methyl sites for hydroxylation is 1. The lowest BCUT2D eigenvalue weighted by Crippen LogP contribution is -2.31. The maximum atomic E-state index is 11.3. The number of aromatic nitrogens is 1. The Balaban J connectivity index is 2.22. The zero-order valence-corrected chi connectivity index (χ0v) is 11.1. The molecule has 0 aliphatic rings. The van der Waals surface area contributed by atoms with E-state index in [4.69, 9.17) is 0 Å². The van der Waals surface area contributed by atoms with Gasteiger partial charge in [-0.05, 0) is 6.92 Å². The van der Waals surface area contributed by atoms with Crippen molar-refractivity contribution < 1.29 is 8.42 Å². The molecule has 5 nitrogen and oxygen atoms in total. The highest BCUT2D eigenvalue weighted by atomic mass is 32.2. The Morgan fingerprint density at radius 2 is 2.25 bits per heavy atom. The molecular weight excluding hydrogens is 246 g/mol. The number of thiazole rings is 1. The Morgan fingerprint density at radius 3 is 2.81 bits per heavy atom. The number of nitrogens with one attached hydrogen (secondary N) is 2. The van der Waals surface area contributed by atoms with Gasteiger partial charge in [0.15, 0.2) is 0 Å². The fourth-order valence-electron chi connectivity index (χ4n) is 1.20. The van der Waals surface area contributed by atoms with Gasteiger partial charge in [0.1, 0.15) is 0 Å². The first-order valence-corrected chi connectivity index (χ1v) is 7.66. The fraction of sp³-hybridized carbons (Fsp3) is 0.667. The van der Waals surface area contributed by atoms with E-state index in [1.807, 2.05) is 12.3 Å². The summed E-state index contributed by atoms with van der Waals surface area (Å²) in [4.78, 5) is 4.27. The van der Waals surface area contributed by atoms with Gasteiger partial charge in [0, 0.05) is 25.0 Å². The van der Waals surface area contributed by atoms with Gasteiger partial charge in [-0.25, -0.2) is 18.1 Å². The molecule has 7 heteroatoms. The van der Waals surface area contributed by atoms with Crippen molar-refractivity contribution in [2.75, 3.05) is 18.8 Å². The maximum Gasteiger partial charge on any atom is 0.212 e. The van der Waals surface area contributed by atoms with Gasteiger partial charge in [0.05, 0.1) is 16.5 Å². The van der Waals surface area contributed by atoms with Gasteiger partial charge in [-0.2, -0.15) is 0 Å². The molecule has 0 atom stereocenters. The monoisotopic (exact) mass is 263 g/mol.